The Kier molecular flexibility index (Phi) is 8.38. The van der Waals surface area contributed by atoms with Crippen molar-refractivity contribution in [3.8, 4) is 0 Å². The van der Waals surface area contributed by atoms with Crippen LogP contribution in [0.25, 0.3) is 22.1 Å². The van der Waals surface area contributed by atoms with Gasteiger partial charge in [-0.1, -0.05) is 0 Å². The SMILES string of the molecule is [B]P1(=O)OC[C@H]2O[C@@H](n3cc(F)c4c(=O)n(C)cnc43)C(F)[C@H]2OP(O)(=S)OC[C@H]2O[C@@H](n3cc(F)c4c(=O)n(C)cnc43)[C@@H](F)C2O1. The van der Waals surface area contributed by atoms with Crippen molar-refractivity contribution in [3.63, 3.8) is 0 Å². The number of nitrogens with zero attached hydrogens (tertiary/aromatic N) is 6. The number of hydrogen-bond donors (Lipinski definition) is 1. The lowest BCUT2D eigenvalue weighted by molar-refractivity contribution is -0.0565. The van der Waals surface area contributed by atoms with Gasteiger partial charge in [0.05, 0.1) is 25.9 Å². The molecule has 16 nitrogen and oxygen atoms in total. The maximum Gasteiger partial charge on any atom is 0.325 e. The molecule has 0 spiro atoms. The van der Waals surface area contributed by atoms with Gasteiger partial charge in [0.1, 0.15) is 35.2 Å². The predicted octanol–water partition coefficient (Wildman–Crippen LogP) is 1.54. The van der Waals surface area contributed by atoms with Crippen molar-refractivity contribution in [3.05, 3.63) is 57.4 Å². The maximum atomic E-state index is 16.1. The number of aryl methyl sites for hydroxylation is 2. The van der Waals surface area contributed by atoms with E-state index in [-0.39, 0.29) is 11.3 Å². The Labute approximate surface area is 272 Å². The summed E-state index contributed by atoms with van der Waals surface area (Å²) >= 11 is 5.08. The largest absolute Gasteiger partial charge is 0.346 e. The van der Waals surface area contributed by atoms with E-state index in [4.69, 9.17) is 46.9 Å². The van der Waals surface area contributed by atoms with Crippen LogP contribution in [0.2, 0.25) is 0 Å². The second kappa shape index (κ2) is 11.9. The van der Waals surface area contributed by atoms with Crippen LogP contribution in [0.5, 0.6) is 0 Å². The third-order valence-electron chi connectivity index (χ3n) is 8.12. The van der Waals surface area contributed by atoms with Gasteiger partial charge in [-0.15, -0.1) is 0 Å². The molecule has 256 valence electrons. The Hall–Kier alpha value is -2.78. The zero-order chi connectivity index (χ0) is 34.4. The monoisotopic (exact) mass is 736 g/mol. The first-order valence-corrected chi connectivity index (χ1v) is 18.2. The smallest absolute Gasteiger partial charge is 0.325 e. The normalized spacial score (nSPS) is 36.1. The first-order chi connectivity index (χ1) is 22.6. The van der Waals surface area contributed by atoms with E-state index >= 15 is 8.78 Å². The Morgan fingerprint density at radius 1 is 0.854 bits per heavy atom. The summed E-state index contributed by atoms with van der Waals surface area (Å²) in [5.41, 5.74) is -2.06. The molecule has 1 N–H and O–H groups in total. The van der Waals surface area contributed by atoms with Crippen LogP contribution in [0, 0.1) is 11.6 Å². The van der Waals surface area contributed by atoms with Crippen molar-refractivity contribution in [2.45, 2.75) is 49.2 Å². The molecule has 0 bridgehead atoms. The lowest BCUT2D eigenvalue weighted by Crippen LogP contribution is -2.37. The number of halogens is 4. The molecule has 4 aromatic heterocycles. The van der Waals surface area contributed by atoms with Crippen LogP contribution >= 0.6 is 14.2 Å². The Balaban J connectivity index is 1.18. The third kappa shape index (κ3) is 5.61. The second-order valence-corrected chi connectivity index (χ2v) is 15.6. The van der Waals surface area contributed by atoms with E-state index in [1.54, 1.807) is 0 Å². The van der Waals surface area contributed by atoms with Crippen LogP contribution in [-0.2, 0) is 58.0 Å². The van der Waals surface area contributed by atoms with Crippen molar-refractivity contribution in [2.75, 3.05) is 13.2 Å². The fraction of sp³-hybridized carbons (Fsp3) is 0.500. The third-order valence-corrected chi connectivity index (χ3v) is 10.7. The van der Waals surface area contributed by atoms with Gasteiger partial charge in [0, 0.05) is 26.5 Å². The number of hydrogen-bond acceptors (Lipinski definition) is 12. The van der Waals surface area contributed by atoms with Gasteiger partial charge in [0.2, 0.25) is 7.57 Å². The molecule has 7 rings (SSSR count). The molecule has 0 amide bonds. The van der Waals surface area contributed by atoms with Gasteiger partial charge in [-0.05, 0) is 11.8 Å². The molecule has 4 unspecified atom stereocenters. The molecule has 0 aromatic carbocycles. The zero-order valence-electron chi connectivity index (χ0n) is 24.5. The Bertz CT molecular complexity index is 2020. The predicted molar refractivity (Wildman–Crippen MR) is 159 cm³/mol. The highest BCUT2D eigenvalue weighted by molar-refractivity contribution is 8.07. The lowest BCUT2D eigenvalue weighted by Gasteiger charge is -2.29. The van der Waals surface area contributed by atoms with Crippen molar-refractivity contribution in [2.24, 2.45) is 14.1 Å². The number of fused-ring (bicyclic) bond motifs is 4. The molecule has 3 saturated heterocycles. The molecule has 4 aromatic rings. The summed E-state index contributed by atoms with van der Waals surface area (Å²) in [6, 6.07) is 0. The van der Waals surface area contributed by atoms with Crippen LogP contribution < -0.4 is 11.1 Å². The Morgan fingerprint density at radius 2 is 1.29 bits per heavy atom. The van der Waals surface area contributed by atoms with E-state index < -0.39 is 110 Å². The first-order valence-electron chi connectivity index (χ1n) is 14.0. The number of alkyl halides is 2. The molecular formula is C24H23BF4N6O10P2S. The summed E-state index contributed by atoms with van der Waals surface area (Å²) in [5.74, 6) is -2.04. The van der Waals surface area contributed by atoms with Crippen molar-refractivity contribution >= 4 is 55.6 Å². The van der Waals surface area contributed by atoms with E-state index in [0.29, 0.717) is 0 Å². The second-order valence-electron chi connectivity index (χ2n) is 11.2. The fourth-order valence-corrected chi connectivity index (χ4v) is 8.28. The van der Waals surface area contributed by atoms with Crippen LogP contribution in [0.4, 0.5) is 17.6 Å². The highest BCUT2D eigenvalue weighted by Gasteiger charge is 2.54. The van der Waals surface area contributed by atoms with E-state index in [1.807, 2.05) is 0 Å². The number of ether oxygens (including phenoxy) is 2. The highest BCUT2D eigenvalue weighted by atomic mass is 32.5. The summed E-state index contributed by atoms with van der Waals surface area (Å²) in [4.78, 5) is 43.9. The molecule has 0 saturated carbocycles. The molecule has 2 radical (unpaired) electrons. The zero-order valence-corrected chi connectivity index (χ0v) is 27.1. The topological polar surface area (TPSA) is 172 Å². The fourth-order valence-electron chi connectivity index (χ4n) is 5.84. The van der Waals surface area contributed by atoms with Gasteiger partial charge < -0.3 is 37.1 Å². The average Bonchev–Trinajstić information content (AvgIpc) is 3.72. The Morgan fingerprint density at radius 3 is 1.77 bits per heavy atom. The minimum atomic E-state index is -4.75. The van der Waals surface area contributed by atoms with E-state index in [9.17, 15) is 27.8 Å². The van der Waals surface area contributed by atoms with Gasteiger partial charge in [0.25, 0.3) is 18.6 Å². The molecule has 10 atom stereocenters. The van der Waals surface area contributed by atoms with Crippen LogP contribution in [0.15, 0.2) is 34.6 Å². The molecule has 3 aliphatic rings. The molecular weight excluding hydrogens is 713 g/mol. The van der Waals surface area contributed by atoms with Crippen molar-refractivity contribution in [1.82, 2.24) is 28.2 Å². The van der Waals surface area contributed by atoms with Gasteiger partial charge in [-0.25, -0.2) is 27.5 Å². The van der Waals surface area contributed by atoms with Crippen LogP contribution in [-0.4, -0.2) is 90.7 Å². The van der Waals surface area contributed by atoms with Crippen molar-refractivity contribution < 1.29 is 54.6 Å². The number of rotatable bonds is 2. The van der Waals surface area contributed by atoms with E-state index in [1.165, 1.54) is 14.1 Å². The average molecular weight is 736 g/mol. The molecule has 7 heterocycles. The van der Waals surface area contributed by atoms with E-state index in [0.717, 1.165) is 43.3 Å². The van der Waals surface area contributed by atoms with Gasteiger partial charge in [-0.3, -0.25) is 27.8 Å². The van der Waals surface area contributed by atoms with Gasteiger partial charge in [-0.2, -0.15) is 0 Å². The van der Waals surface area contributed by atoms with Crippen LogP contribution in [0.1, 0.15) is 12.5 Å². The maximum absolute atomic E-state index is 16.1. The quantitative estimate of drug-likeness (QED) is 0.179. The summed E-state index contributed by atoms with van der Waals surface area (Å²) in [6.45, 7) is -6.08. The standard InChI is InChI=1S/C24H23BF4N6O10P2S/c1-32-7-30-19-13(21(32)36)9(26)3-34(19)23-15(28)17-12(43-23)6-41-47(39,48)45-18-11(5-40-46(25,38)44-17)42-24(16(18)29)35-4-10(27)14-20(35)31-8-33(2)22(14)37/h3-4,7-8,11-12,15-18,23-24H,5-6H2,1-2H3,(H,39,48)/t11-,12-,15+,16?,17?,18+,23-,24-,46?,47?/m1/s1. The summed E-state index contributed by atoms with van der Waals surface area (Å²) < 4.78 is 112. The minimum Gasteiger partial charge on any atom is -0.346 e. The molecule has 0 aliphatic carbocycles. The summed E-state index contributed by atoms with van der Waals surface area (Å²) in [5, 5.41) is -0.903. The lowest BCUT2D eigenvalue weighted by atomic mass is 10.1. The molecule has 3 aliphatic heterocycles. The van der Waals surface area contributed by atoms with E-state index in [2.05, 4.69) is 9.97 Å². The highest BCUT2D eigenvalue weighted by Crippen LogP contribution is 2.54. The first kappa shape index (κ1) is 33.7. The molecule has 24 heteroatoms. The minimum absolute atomic E-state index is 0.270. The summed E-state index contributed by atoms with van der Waals surface area (Å²) in [6.07, 6.45) is -11.0. The van der Waals surface area contributed by atoms with Gasteiger partial charge >= 0.3 is 6.72 Å². The molecule has 3 fully saturated rings. The molecule has 48 heavy (non-hydrogen) atoms. The summed E-state index contributed by atoms with van der Waals surface area (Å²) in [7, 11) is 3.72. The van der Waals surface area contributed by atoms with Gasteiger partial charge in [0.15, 0.2) is 47.7 Å². The van der Waals surface area contributed by atoms with Crippen LogP contribution in [0.3, 0.4) is 0 Å². The van der Waals surface area contributed by atoms with Crippen molar-refractivity contribution in [1.29, 1.82) is 0 Å². The number of aromatic nitrogens is 6.